The summed E-state index contributed by atoms with van der Waals surface area (Å²) in [6, 6.07) is 1.87. The molecule has 9 nitrogen and oxygen atoms in total. The molecule has 2 heterocycles. The summed E-state index contributed by atoms with van der Waals surface area (Å²) in [6.07, 6.45) is 1.87. The summed E-state index contributed by atoms with van der Waals surface area (Å²) >= 11 is 5.64. The molecule has 1 aliphatic rings. The SMILES string of the molecule is O=C(CCNc1n[n+]([O-])c2cc(F)c(Cl)cc2[n+]1[O-])OC1C=NCC1. The summed E-state index contributed by atoms with van der Waals surface area (Å²) in [7, 11) is 0. The molecule has 0 aliphatic carbocycles. The van der Waals surface area contributed by atoms with Gasteiger partial charge in [-0.05, 0) is 0 Å². The fraction of sp³-hybridized carbons (Fsp3) is 0.357. The maximum atomic E-state index is 13.4. The van der Waals surface area contributed by atoms with Crippen molar-refractivity contribution in [2.24, 2.45) is 4.99 Å². The molecule has 0 amide bonds. The zero-order chi connectivity index (χ0) is 18.0. The molecule has 1 aromatic carbocycles. The van der Waals surface area contributed by atoms with Crippen molar-refractivity contribution in [3.05, 3.63) is 33.4 Å². The van der Waals surface area contributed by atoms with Crippen LogP contribution in [0.4, 0.5) is 10.3 Å². The summed E-state index contributed by atoms with van der Waals surface area (Å²) in [5, 5.41) is 29.8. The van der Waals surface area contributed by atoms with Gasteiger partial charge in [-0.15, -0.1) is 0 Å². The van der Waals surface area contributed by atoms with Crippen LogP contribution in [0.5, 0.6) is 0 Å². The lowest BCUT2D eigenvalue weighted by Crippen LogP contribution is -2.44. The number of carbonyl (C=O) groups excluding carboxylic acids is 1. The van der Waals surface area contributed by atoms with E-state index in [-0.39, 0.29) is 45.9 Å². The molecule has 1 N–H and O–H groups in total. The van der Waals surface area contributed by atoms with Gasteiger partial charge in [0.15, 0.2) is 5.52 Å². The van der Waals surface area contributed by atoms with Gasteiger partial charge in [-0.3, -0.25) is 15.1 Å². The lowest BCUT2D eigenvalue weighted by Gasteiger charge is -2.11. The summed E-state index contributed by atoms with van der Waals surface area (Å²) in [5.74, 6) is -1.64. The first-order valence-corrected chi connectivity index (χ1v) is 7.79. The van der Waals surface area contributed by atoms with E-state index in [0.717, 1.165) is 12.1 Å². The number of halogens is 2. The van der Waals surface area contributed by atoms with Crippen LogP contribution in [0.2, 0.25) is 5.02 Å². The second-order valence-electron chi connectivity index (χ2n) is 5.29. The van der Waals surface area contributed by atoms with Gasteiger partial charge in [0.05, 0.1) is 24.1 Å². The second kappa shape index (κ2) is 7.01. The van der Waals surface area contributed by atoms with Gasteiger partial charge in [0.25, 0.3) is 0 Å². The fourth-order valence-corrected chi connectivity index (χ4v) is 2.46. The van der Waals surface area contributed by atoms with Gasteiger partial charge in [-0.1, -0.05) is 11.6 Å². The van der Waals surface area contributed by atoms with E-state index < -0.39 is 11.8 Å². The number of aromatic nitrogens is 3. The number of carbonyl (C=O) groups is 1. The normalized spacial score (nSPS) is 16.3. The van der Waals surface area contributed by atoms with Gasteiger partial charge in [0.1, 0.15) is 11.9 Å². The van der Waals surface area contributed by atoms with Crippen molar-refractivity contribution in [1.82, 2.24) is 5.10 Å². The highest BCUT2D eigenvalue weighted by Crippen LogP contribution is 2.18. The van der Waals surface area contributed by atoms with Crippen molar-refractivity contribution in [1.29, 1.82) is 0 Å². The Labute approximate surface area is 145 Å². The third kappa shape index (κ3) is 3.68. The van der Waals surface area contributed by atoms with Gasteiger partial charge < -0.3 is 15.2 Å². The van der Waals surface area contributed by atoms with Crippen molar-refractivity contribution in [3.63, 3.8) is 0 Å². The molecular formula is C14H13ClFN5O4. The van der Waals surface area contributed by atoms with E-state index in [9.17, 15) is 19.6 Å². The molecule has 1 atom stereocenters. The van der Waals surface area contributed by atoms with E-state index in [1.54, 1.807) is 6.21 Å². The lowest BCUT2D eigenvalue weighted by atomic mass is 10.3. The van der Waals surface area contributed by atoms with Crippen LogP contribution in [0.15, 0.2) is 17.1 Å². The molecule has 11 heteroatoms. The van der Waals surface area contributed by atoms with Crippen LogP contribution in [-0.4, -0.2) is 36.5 Å². The van der Waals surface area contributed by atoms with E-state index in [1.807, 2.05) is 0 Å². The topological polar surface area (TPSA) is 117 Å². The number of anilines is 1. The van der Waals surface area contributed by atoms with Crippen LogP contribution in [-0.2, 0) is 9.53 Å². The summed E-state index contributed by atoms with van der Waals surface area (Å²) in [6.45, 7) is 0.651. The van der Waals surface area contributed by atoms with Crippen molar-refractivity contribution in [2.75, 3.05) is 18.4 Å². The van der Waals surface area contributed by atoms with Crippen molar-refractivity contribution in [3.8, 4) is 0 Å². The average Bonchev–Trinajstić information content (AvgIpc) is 3.07. The maximum Gasteiger partial charge on any atom is 0.460 e. The Morgan fingerprint density at radius 2 is 2.24 bits per heavy atom. The van der Waals surface area contributed by atoms with Crippen molar-refractivity contribution < 1.29 is 23.5 Å². The minimum absolute atomic E-state index is 0.0262. The molecule has 2 aromatic rings. The van der Waals surface area contributed by atoms with E-state index >= 15 is 0 Å². The largest absolute Gasteiger partial charge is 0.739 e. The Morgan fingerprint density at radius 1 is 1.44 bits per heavy atom. The Morgan fingerprint density at radius 3 is 2.96 bits per heavy atom. The number of nitrogens with one attached hydrogen (secondary N) is 1. The summed E-state index contributed by atoms with van der Waals surface area (Å²) in [5.41, 5.74) is -0.411. The second-order valence-corrected chi connectivity index (χ2v) is 5.70. The molecule has 0 bridgehead atoms. The highest BCUT2D eigenvalue weighted by Gasteiger charge is 2.23. The number of hydrogen-bond donors (Lipinski definition) is 1. The number of aliphatic imine (C=N–C) groups is 1. The number of fused-ring (bicyclic) bond motifs is 1. The molecule has 0 spiro atoms. The molecule has 1 unspecified atom stereocenters. The van der Waals surface area contributed by atoms with Crippen LogP contribution in [0.1, 0.15) is 12.8 Å². The van der Waals surface area contributed by atoms with E-state index in [4.69, 9.17) is 16.3 Å². The summed E-state index contributed by atoms with van der Waals surface area (Å²) in [4.78, 5) is 15.8. The summed E-state index contributed by atoms with van der Waals surface area (Å²) < 4.78 is 18.9. The first-order valence-electron chi connectivity index (χ1n) is 7.41. The molecule has 0 saturated heterocycles. The first-order chi connectivity index (χ1) is 12.0. The minimum atomic E-state index is -0.834. The molecule has 0 saturated carbocycles. The van der Waals surface area contributed by atoms with E-state index in [1.165, 1.54) is 0 Å². The highest BCUT2D eigenvalue weighted by atomic mass is 35.5. The molecule has 25 heavy (non-hydrogen) atoms. The zero-order valence-corrected chi connectivity index (χ0v) is 13.6. The number of rotatable bonds is 5. The monoisotopic (exact) mass is 369 g/mol. The molecule has 3 rings (SSSR count). The van der Waals surface area contributed by atoms with E-state index in [0.29, 0.717) is 17.7 Å². The lowest BCUT2D eigenvalue weighted by molar-refractivity contribution is -0.672. The van der Waals surface area contributed by atoms with Gasteiger partial charge in [0.2, 0.25) is 5.10 Å². The highest BCUT2D eigenvalue weighted by molar-refractivity contribution is 6.31. The molecule has 1 aliphatic heterocycles. The van der Waals surface area contributed by atoms with Gasteiger partial charge >= 0.3 is 17.4 Å². The third-order valence-corrected chi connectivity index (χ3v) is 3.82. The smallest absolute Gasteiger partial charge is 0.460 e. The average molecular weight is 370 g/mol. The van der Waals surface area contributed by atoms with Crippen LogP contribution in [0.25, 0.3) is 11.0 Å². The van der Waals surface area contributed by atoms with Crippen molar-refractivity contribution >= 4 is 40.8 Å². The quantitative estimate of drug-likeness (QED) is 0.465. The van der Waals surface area contributed by atoms with E-state index in [2.05, 4.69) is 15.4 Å². The third-order valence-electron chi connectivity index (χ3n) is 3.53. The zero-order valence-electron chi connectivity index (χ0n) is 12.8. The number of hydrogen-bond acceptors (Lipinski definition) is 7. The van der Waals surface area contributed by atoms with Crippen LogP contribution in [0.3, 0.4) is 0 Å². The van der Waals surface area contributed by atoms with Crippen LogP contribution in [0, 0.1) is 16.2 Å². The molecule has 1 aromatic heterocycles. The first kappa shape index (κ1) is 17.1. The predicted molar refractivity (Wildman–Crippen MR) is 85.6 cm³/mol. The molecule has 132 valence electrons. The maximum absolute atomic E-state index is 13.4. The van der Waals surface area contributed by atoms with Crippen LogP contribution >= 0.6 is 11.6 Å². The Kier molecular flexibility index (Phi) is 4.79. The van der Waals surface area contributed by atoms with Gasteiger partial charge in [0, 0.05) is 30.1 Å². The number of esters is 1. The Hall–Kier alpha value is -2.75. The molecular weight excluding hydrogens is 357 g/mol. The number of ether oxygens (including phenoxy) is 1. The standard InChI is InChI=1S/C14H13ClFN5O4/c15-9-5-11-12(6-10(9)16)21(24)19-14(20(11)23)18-4-2-13(22)25-8-1-3-17-7-8/h5-8H,1-4H2,(H,18,19). The van der Waals surface area contributed by atoms with Crippen molar-refractivity contribution in [2.45, 2.75) is 18.9 Å². The number of benzene rings is 1. The minimum Gasteiger partial charge on any atom is -0.739 e. The Balaban J connectivity index is 1.69. The van der Waals surface area contributed by atoms with Gasteiger partial charge in [-0.25, -0.2) is 9.12 Å². The number of nitrogens with zero attached hydrogens (tertiary/aromatic N) is 4. The molecule has 0 radical (unpaired) electrons. The molecule has 0 fully saturated rings. The predicted octanol–water partition coefficient (Wildman–Crippen LogP) is 0.482. The Bertz CT molecular complexity index is 863. The van der Waals surface area contributed by atoms with Crippen LogP contribution < -0.4 is 14.9 Å². The fourth-order valence-electron chi connectivity index (χ4n) is 2.31. The van der Waals surface area contributed by atoms with Gasteiger partial charge in [-0.2, -0.15) is 0 Å².